The lowest BCUT2D eigenvalue weighted by molar-refractivity contribution is 0.0948. The number of amides is 1. The van der Waals surface area contributed by atoms with Crippen LogP contribution in [0.25, 0.3) is 0 Å². The van der Waals surface area contributed by atoms with Crippen LogP contribution in [0, 0.1) is 0 Å². The second-order valence-corrected chi connectivity index (χ2v) is 4.07. The zero-order valence-electron chi connectivity index (χ0n) is 11.2. The largest absolute Gasteiger partial charge is 0.369 e. The van der Waals surface area contributed by atoms with Gasteiger partial charge in [0.05, 0.1) is 12.4 Å². The summed E-state index contributed by atoms with van der Waals surface area (Å²) in [7, 11) is 0. The molecule has 2 aromatic rings. The molecule has 0 unspecified atom stereocenters. The molecule has 0 saturated heterocycles. The zero-order valence-corrected chi connectivity index (χ0v) is 11.2. The van der Waals surface area contributed by atoms with Crippen LogP contribution in [-0.2, 0) is 6.42 Å². The third-order valence-electron chi connectivity index (χ3n) is 2.46. The molecule has 0 fully saturated rings. The fraction of sp³-hybridized carbons (Fsp3) is 0.417. The van der Waals surface area contributed by atoms with Crippen LogP contribution in [0.4, 0.5) is 5.82 Å². The zero-order chi connectivity index (χ0) is 14.2. The van der Waals surface area contributed by atoms with Gasteiger partial charge in [-0.1, -0.05) is 12.1 Å². The third kappa shape index (κ3) is 4.01. The fourth-order valence-electron chi connectivity index (χ4n) is 1.49. The lowest BCUT2D eigenvalue weighted by atomic mass is 10.3. The van der Waals surface area contributed by atoms with E-state index in [1.165, 1.54) is 12.6 Å². The first-order chi connectivity index (χ1) is 9.79. The first-order valence-electron chi connectivity index (χ1n) is 6.39. The highest BCUT2D eigenvalue weighted by molar-refractivity contribution is 5.92. The molecule has 0 aliphatic heterocycles. The maximum absolute atomic E-state index is 11.9. The summed E-state index contributed by atoms with van der Waals surface area (Å²) in [6.45, 7) is 3.25. The van der Waals surface area contributed by atoms with Gasteiger partial charge in [-0.05, 0) is 6.42 Å². The molecule has 8 heteroatoms. The molecule has 2 N–H and O–H groups in total. The average Bonchev–Trinajstić information content (AvgIpc) is 2.98. The van der Waals surface area contributed by atoms with Gasteiger partial charge in [-0.2, -0.15) is 4.98 Å². The van der Waals surface area contributed by atoms with E-state index in [2.05, 4.69) is 42.2 Å². The standard InChI is InChI=1S/C12H16N6O2/c1-2-4-14-11-7-13-6-9(17-11)12(19)15-5-3-10-16-8-20-18-10/h6-8H,2-5H2,1H3,(H,14,17)(H,15,19). The molecular weight excluding hydrogens is 260 g/mol. The van der Waals surface area contributed by atoms with E-state index in [-0.39, 0.29) is 11.6 Å². The van der Waals surface area contributed by atoms with Crippen molar-refractivity contribution < 1.29 is 9.32 Å². The number of nitrogens with zero attached hydrogens (tertiary/aromatic N) is 4. The van der Waals surface area contributed by atoms with Gasteiger partial charge in [-0.3, -0.25) is 9.78 Å². The number of rotatable bonds is 7. The van der Waals surface area contributed by atoms with Crippen LogP contribution in [0.3, 0.4) is 0 Å². The van der Waals surface area contributed by atoms with Gasteiger partial charge in [-0.15, -0.1) is 0 Å². The Balaban J connectivity index is 1.85. The summed E-state index contributed by atoms with van der Waals surface area (Å²) in [4.78, 5) is 23.9. The molecule has 0 aliphatic rings. The van der Waals surface area contributed by atoms with E-state index < -0.39 is 0 Å². The van der Waals surface area contributed by atoms with E-state index in [0.29, 0.717) is 24.6 Å². The van der Waals surface area contributed by atoms with Crippen molar-refractivity contribution in [2.24, 2.45) is 0 Å². The Morgan fingerprint density at radius 1 is 1.35 bits per heavy atom. The number of anilines is 1. The second kappa shape index (κ2) is 7.17. The summed E-state index contributed by atoms with van der Waals surface area (Å²) < 4.78 is 4.61. The van der Waals surface area contributed by atoms with Crippen LogP contribution in [0.15, 0.2) is 23.3 Å². The molecule has 1 amide bonds. The SMILES string of the molecule is CCCNc1cncc(C(=O)NCCc2ncon2)n1. The maximum atomic E-state index is 11.9. The second-order valence-electron chi connectivity index (χ2n) is 4.07. The highest BCUT2D eigenvalue weighted by Gasteiger charge is 2.08. The molecule has 8 nitrogen and oxygen atoms in total. The Bertz CT molecular complexity index is 543. The van der Waals surface area contributed by atoms with Crippen LogP contribution in [0.1, 0.15) is 29.7 Å². The van der Waals surface area contributed by atoms with Gasteiger partial charge in [0.1, 0.15) is 11.5 Å². The Morgan fingerprint density at radius 3 is 3.00 bits per heavy atom. The number of hydrogen-bond donors (Lipinski definition) is 2. The van der Waals surface area contributed by atoms with Crippen LogP contribution in [0.5, 0.6) is 0 Å². The van der Waals surface area contributed by atoms with Crippen molar-refractivity contribution in [1.29, 1.82) is 0 Å². The number of aromatic nitrogens is 4. The van der Waals surface area contributed by atoms with Gasteiger partial charge in [0, 0.05) is 19.5 Å². The van der Waals surface area contributed by atoms with E-state index in [9.17, 15) is 4.79 Å². The van der Waals surface area contributed by atoms with Crippen LogP contribution in [0.2, 0.25) is 0 Å². The Kier molecular flexibility index (Phi) is 4.99. The minimum atomic E-state index is -0.277. The van der Waals surface area contributed by atoms with Crippen molar-refractivity contribution in [3.8, 4) is 0 Å². The molecule has 0 saturated carbocycles. The number of nitrogens with one attached hydrogen (secondary N) is 2. The molecule has 20 heavy (non-hydrogen) atoms. The molecule has 0 aromatic carbocycles. The maximum Gasteiger partial charge on any atom is 0.271 e. The highest BCUT2D eigenvalue weighted by Crippen LogP contribution is 2.02. The van der Waals surface area contributed by atoms with Crippen molar-refractivity contribution >= 4 is 11.7 Å². The predicted molar refractivity (Wildman–Crippen MR) is 71.1 cm³/mol. The number of hydrogen-bond acceptors (Lipinski definition) is 7. The van der Waals surface area contributed by atoms with Gasteiger partial charge >= 0.3 is 0 Å². The molecule has 2 rings (SSSR count). The fourth-order valence-corrected chi connectivity index (χ4v) is 1.49. The first-order valence-corrected chi connectivity index (χ1v) is 6.39. The highest BCUT2D eigenvalue weighted by atomic mass is 16.5. The monoisotopic (exact) mass is 276 g/mol. The minimum Gasteiger partial charge on any atom is -0.369 e. The van der Waals surface area contributed by atoms with Gasteiger partial charge in [-0.25, -0.2) is 4.98 Å². The minimum absolute atomic E-state index is 0.277. The van der Waals surface area contributed by atoms with E-state index in [4.69, 9.17) is 0 Å². The van der Waals surface area contributed by atoms with Crippen molar-refractivity contribution in [2.75, 3.05) is 18.4 Å². The van der Waals surface area contributed by atoms with Crippen LogP contribution < -0.4 is 10.6 Å². The third-order valence-corrected chi connectivity index (χ3v) is 2.46. The van der Waals surface area contributed by atoms with Gasteiger partial charge in [0.25, 0.3) is 5.91 Å². The summed E-state index contributed by atoms with van der Waals surface area (Å²) in [5.74, 6) is 0.869. The molecule has 2 aromatic heterocycles. The topological polar surface area (TPSA) is 106 Å². The lowest BCUT2D eigenvalue weighted by Gasteiger charge is -2.06. The van der Waals surface area contributed by atoms with E-state index in [0.717, 1.165) is 13.0 Å². The van der Waals surface area contributed by atoms with Gasteiger partial charge in [0.2, 0.25) is 6.39 Å². The molecule has 106 valence electrons. The van der Waals surface area contributed by atoms with E-state index in [1.807, 2.05) is 0 Å². The Morgan fingerprint density at radius 2 is 2.25 bits per heavy atom. The van der Waals surface area contributed by atoms with E-state index >= 15 is 0 Å². The molecule has 0 atom stereocenters. The van der Waals surface area contributed by atoms with Crippen LogP contribution in [-0.4, -0.2) is 39.1 Å². The molecule has 0 spiro atoms. The van der Waals surface area contributed by atoms with Crippen LogP contribution >= 0.6 is 0 Å². The predicted octanol–water partition coefficient (Wildman–Crippen LogP) is 0.654. The number of carbonyl (C=O) groups excluding carboxylic acids is 1. The summed E-state index contributed by atoms with van der Waals surface area (Å²) in [5, 5.41) is 9.47. The smallest absolute Gasteiger partial charge is 0.271 e. The molecular formula is C12H16N6O2. The van der Waals surface area contributed by atoms with Crippen molar-refractivity contribution in [3.63, 3.8) is 0 Å². The van der Waals surface area contributed by atoms with Crippen molar-refractivity contribution in [3.05, 3.63) is 30.3 Å². The molecule has 0 radical (unpaired) electrons. The number of carbonyl (C=O) groups is 1. The van der Waals surface area contributed by atoms with Gasteiger partial charge in [0.15, 0.2) is 5.82 Å². The summed E-state index contributed by atoms with van der Waals surface area (Å²) >= 11 is 0. The molecule has 0 bridgehead atoms. The molecule has 2 heterocycles. The summed E-state index contributed by atoms with van der Waals surface area (Å²) in [5.41, 5.74) is 0.277. The first kappa shape index (κ1) is 13.9. The Hall–Kier alpha value is -2.51. The van der Waals surface area contributed by atoms with Crippen molar-refractivity contribution in [2.45, 2.75) is 19.8 Å². The quantitative estimate of drug-likeness (QED) is 0.764. The normalized spacial score (nSPS) is 10.2. The summed E-state index contributed by atoms with van der Waals surface area (Å²) in [6.07, 6.45) is 5.75. The molecule has 0 aliphatic carbocycles. The summed E-state index contributed by atoms with van der Waals surface area (Å²) in [6, 6.07) is 0. The van der Waals surface area contributed by atoms with E-state index in [1.54, 1.807) is 6.20 Å². The van der Waals surface area contributed by atoms with Gasteiger partial charge < -0.3 is 15.2 Å². The van der Waals surface area contributed by atoms with Crippen molar-refractivity contribution in [1.82, 2.24) is 25.4 Å². The average molecular weight is 276 g/mol. The lowest BCUT2D eigenvalue weighted by Crippen LogP contribution is -2.27. The Labute approximate surface area is 116 Å².